The largest absolute Gasteiger partial charge is 0.393 e. The van der Waals surface area contributed by atoms with Crippen LogP contribution in [0.2, 0.25) is 0 Å². The molecule has 1 aromatic rings. The molecule has 2 atom stereocenters. The maximum Gasteiger partial charge on any atom is 0.318 e. The van der Waals surface area contributed by atoms with E-state index < -0.39 is 29.2 Å². The summed E-state index contributed by atoms with van der Waals surface area (Å²) < 4.78 is 4.86. The molecule has 4 fully saturated rings. The zero-order chi connectivity index (χ0) is 15.3. The van der Waals surface area contributed by atoms with E-state index in [-0.39, 0.29) is 11.8 Å². The predicted octanol–water partition coefficient (Wildman–Crippen LogP) is 2.13. The monoisotopic (exact) mass is 299 g/mol. The fraction of sp³-hybridized carbons (Fsp3) is 0.471. The fourth-order valence-corrected chi connectivity index (χ4v) is 4.52. The first-order valence-corrected chi connectivity index (χ1v) is 7.74. The van der Waals surface area contributed by atoms with E-state index >= 15 is 0 Å². The van der Waals surface area contributed by atoms with Gasteiger partial charge in [-0.3, -0.25) is 14.4 Å². The van der Waals surface area contributed by atoms with Crippen LogP contribution >= 0.6 is 0 Å². The summed E-state index contributed by atoms with van der Waals surface area (Å²) in [5.41, 5.74) is -0.0813. The molecule has 1 N–H and O–H groups in total. The number of amides is 1. The number of hydrogen-bond acceptors (Lipinski definition) is 4. The summed E-state index contributed by atoms with van der Waals surface area (Å²) in [6.45, 7) is 0. The molecule has 0 aromatic heterocycles. The van der Waals surface area contributed by atoms with E-state index in [4.69, 9.17) is 4.74 Å². The summed E-state index contributed by atoms with van der Waals surface area (Å²) in [4.78, 5) is 37.0. The summed E-state index contributed by atoms with van der Waals surface area (Å²) in [6.07, 6.45) is 2.93. The molecular weight excluding hydrogens is 282 g/mol. The Labute approximate surface area is 128 Å². The topological polar surface area (TPSA) is 72.5 Å². The predicted molar refractivity (Wildman–Crippen MR) is 77.5 cm³/mol. The van der Waals surface area contributed by atoms with Crippen LogP contribution < -0.4 is 5.32 Å². The molecule has 5 rings (SSSR count). The van der Waals surface area contributed by atoms with Crippen molar-refractivity contribution >= 4 is 23.5 Å². The summed E-state index contributed by atoms with van der Waals surface area (Å²) in [6, 6.07) is 9.21. The van der Waals surface area contributed by atoms with Gasteiger partial charge in [0.15, 0.2) is 0 Å². The quantitative estimate of drug-likeness (QED) is 0.670. The number of esters is 2. The van der Waals surface area contributed by atoms with E-state index in [0.29, 0.717) is 18.5 Å². The van der Waals surface area contributed by atoms with Crippen LogP contribution in [0.1, 0.15) is 25.7 Å². The van der Waals surface area contributed by atoms with Gasteiger partial charge in [0, 0.05) is 5.69 Å². The molecule has 1 heterocycles. The van der Waals surface area contributed by atoms with Crippen molar-refractivity contribution in [3.63, 3.8) is 0 Å². The molecule has 1 aliphatic heterocycles. The van der Waals surface area contributed by atoms with Gasteiger partial charge < -0.3 is 10.1 Å². The van der Waals surface area contributed by atoms with Crippen molar-refractivity contribution in [2.45, 2.75) is 25.7 Å². The SMILES string of the molecule is O=C1OC(=O)C2C1C1CCC2(C(=O)Nc2ccccc2)CC1. The highest BCUT2D eigenvalue weighted by Crippen LogP contribution is 2.59. The van der Waals surface area contributed by atoms with Crippen molar-refractivity contribution in [2.75, 3.05) is 5.32 Å². The molecule has 5 nitrogen and oxygen atoms in total. The van der Waals surface area contributed by atoms with E-state index in [0.717, 1.165) is 12.8 Å². The second kappa shape index (κ2) is 4.66. The third-order valence-electron chi connectivity index (χ3n) is 5.60. The Hall–Kier alpha value is -2.17. The van der Waals surface area contributed by atoms with Gasteiger partial charge in [-0.05, 0) is 43.7 Å². The van der Waals surface area contributed by atoms with Gasteiger partial charge >= 0.3 is 11.9 Å². The van der Waals surface area contributed by atoms with Crippen molar-refractivity contribution < 1.29 is 19.1 Å². The second-order valence-electron chi connectivity index (χ2n) is 6.56. The number of ether oxygens (including phenoxy) is 1. The number of hydrogen-bond donors (Lipinski definition) is 1. The molecule has 3 saturated carbocycles. The highest BCUT2D eigenvalue weighted by atomic mass is 16.6. The standard InChI is InChI=1S/C17H17NO4/c19-14-12-10-6-8-17(9-7-10,13(12)15(20)22-14)16(21)18-11-4-2-1-3-5-11/h1-5,10,12-13H,6-9H2,(H,18,21). The Bertz CT molecular complexity index is 646. The Morgan fingerprint density at radius 2 is 1.77 bits per heavy atom. The van der Waals surface area contributed by atoms with Crippen LogP contribution in [0.5, 0.6) is 0 Å². The minimum Gasteiger partial charge on any atom is -0.393 e. The Morgan fingerprint density at radius 1 is 1.09 bits per heavy atom. The van der Waals surface area contributed by atoms with E-state index in [2.05, 4.69) is 5.32 Å². The van der Waals surface area contributed by atoms with Crippen LogP contribution in [0.15, 0.2) is 30.3 Å². The highest BCUT2D eigenvalue weighted by molar-refractivity contribution is 6.04. The number of nitrogens with one attached hydrogen (secondary N) is 1. The molecule has 4 aliphatic rings. The lowest BCUT2D eigenvalue weighted by molar-refractivity contribution is -0.157. The molecule has 0 spiro atoms. The lowest BCUT2D eigenvalue weighted by Gasteiger charge is -2.49. The molecule has 3 aliphatic carbocycles. The van der Waals surface area contributed by atoms with Crippen LogP contribution in [-0.4, -0.2) is 17.8 Å². The van der Waals surface area contributed by atoms with Gasteiger partial charge in [0.2, 0.25) is 5.91 Å². The molecule has 114 valence electrons. The minimum absolute atomic E-state index is 0.154. The van der Waals surface area contributed by atoms with Gasteiger partial charge in [-0.15, -0.1) is 0 Å². The average Bonchev–Trinajstić information content (AvgIpc) is 2.87. The highest BCUT2D eigenvalue weighted by Gasteiger charge is 2.66. The van der Waals surface area contributed by atoms with Gasteiger partial charge in [-0.2, -0.15) is 0 Å². The molecule has 1 saturated heterocycles. The third-order valence-corrected chi connectivity index (χ3v) is 5.60. The summed E-state index contributed by atoms with van der Waals surface area (Å²) in [5, 5.41) is 2.92. The van der Waals surface area contributed by atoms with Gasteiger partial charge in [0.1, 0.15) is 0 Å². The molecular formula is C17H17NO4. The smallest absolute Gasteiger partial charge is 0.318 e. The molecule has 2 unspecified atom stereocenters. The number of anilines is 1. The van der Waals surface area contributed by atoms with Gasteiger partial charge in [-0.25, -0.2) is 0 Å². The molecule has 5 heteroatoms. The number of fused-ring (bicyclic) bond motifs is 2. The molecule has 22 heavy (non-hydrogen) atoms. The average molecular weight is 299 g/mol. The van der Waals surface area contributed by atoms with Crippen LogP contribution in [0.25, 0.3) is 0 Å². The third kappa shape index (κ3) is 1.74. The van der Waals surface area contributed by atoms with Crippen LogP contribution in [-0.2, 0) is 19.1 Å². The zero-order valence-corrected chi connectivity index (χ0v) is 12.1. The van der Waals surface area contributed by atoms with E-state index in [1.165, 1.54) is 0 Å². The number of carbonyl (C=O) groups excluding carboxylic acids is 3. The van der Waals surface area contributed by atoms with Crippen molar-refractivity contribution in [1.82, 2.24) is 0 Å². The Kier molecular flexibility index (Phi) is 2.86. The number of rotatable bonds is 2. The first-order chi connectivity index (χ1) is 10.6. The number of carbonyl (C=O) groups is 3. The maximum absolute atomic E-state index is 12.9. The van der Waals surface area contributed by atoms with Crippen molar-refractivity contribution in [3.8, 4) is 0 Å². The van der Waals surface area contributed by atoms with Gasteiger partial charge in [-0.1, -0.05) is 18.2 Å². The lowest BCUT2D eigenvalue weighted by atomic mass is 9.51. The molecule has 1 aromatic carbocycles. The van der Waals surface area contributed by atoms with Crippen LogP contribution in [0.4, 0.5) is 5.69 Å². The number of benzene rings is 1. The van der Waals surface area contributed by atoms with Gasteiger partial charge in [0.05, 0.1) is 17.3 Å². The second-order valence-corrected chi connectivity index (χ2v) is 6.56. The summed E-state index contributed by atoms with van der Waals surface area (Å²) in [5.74, 6) is -1.93. The zero-order valence-electron chi connectivity index (χ0n) is 12.1. The fourth-order valence-electron chi connectivity index (χ4n) is 4.52. The maximum atomic E-state index is 12.9. The Balaban J connectivity index is 1.68. The minimum atomic E-state index is -0.793. The van der Waals surface area contributed by atoms with Gasteiger partial charge in [0.25, 0.3) is 0 Å². The summed E-state index contributed by atoms with van der Waals surface area (Å²) >= 11 is 0. The molecule has 2 bridgehead atoms. The molecule has 0 radical (unpaired) electrons. The van der Waals surface area contributed by atoms with Crippen molar-refractivity contribution in [2.24, 2.45) is 23.2 Å². The van der Waals surface area contributed by atoms with E-state index in [9.17, 15) is 14.4 Å². The van der Waals surface area contributed by atoms with Crippen LogP contribution in [0, 0.1) is 23.2 Å². The van der Waals surface area contributed by atoms with Crippen LogP contribution in [0.3, 0.4) is 0 Å². The number of cyclic esters (lactones) is 2. The summed E-state index contributed by atoms with van der Waals surface area (Å²) in [7, 11) is 0. The van der Waals surface area contributed by atoms with E-state index in [1.54, 1.807) is 0 Å². The number of para-hydroxylation sites is 1. The first-order valence-electron chi connectivity index (χ1n) is 7.74. The molecule has 1 amide bonds. The first kappa shape index (κ1) is 13.5. The normalized spacial score (nSPS) is 35.9. The Morgan fingerprint density at radius 3 is 2.45 bits per heavy atom. The van der Waals surface area contributed by atoms with E-state index in [1.807, 2.05) is 30.3 Å². The lowest BCUT2D eigenvalue weighted by Crippen LogP contribution is -2.55. The van der Waals surface area contributed by atoms with Crippen molar-refractivity contribution in [1.29, 1.82) is 0 Å². The van der Waals surface area contributed by atoms with Crippen molar-refractivity contribution in [3.05, 3.63) is 30.3 Å².